The van der Waals surface area contributed by atoms with Crippen LogP contribution in [0.25, 0.3) is 17.0 Å². The van der Waals surface area contributed by atoms with Gasteiger partial charge in [0.05, 0.1) is 18.0 Å². The van der Waals surface area contributed by atoms with Gasteiger partial charge in [0.25, 0.3) is 0 Å². The standard InChI is InChI=1S/C29H28N2O4S/c1-35-29(32)16-12-21-11-14-26-22(19-21)13-15-28(26)31(36(33,34)24-7-3-2-4-8-24)18-17-23-20-30-27-10-6-5-9-25(23)27/h2-12,14,16,19-20,28,30H,13,15,17-18H2,1H3. The molecule has 1 aromatic heterocycles. The minimum atomic E-state index is -3.72. The number of hydrogen-bond donors (Lipinski definition) is 1. The lowest BCUT2D eigenvalue weighted by Gasteiger charge is -2.29. The number of fused-ring (bicyclic) bond motifs is 2. The molecule has 6 nitrogen and oxygen atoms in total. The molecule has 0 spiro atoms. The summed E-state index contributed by atoms with van der Waals surface area (Å²) in [5, 5.41) is 1.11. The van der Waals surface area contributed by atoms with Crippen LogP contribution in [-0.4, -0.2) is 37.3 Å². The van der Waals surface area contributed by atoms with Gasteiger partial charge < -0.3 is 9.72 Å². The maximum Gasteiger partial charge on any atom is 0.330 e. The highest BCUT2D eigenvalue weighted by molar-refractivity contribution is 7.89. The Bertz CT molecular complexity index is 1520. The van der Waals surface area contributed by atoms with E-state index in [-0.39, 0.29) is 6.04 Å². The molecule has 0 saturated heterocycles. The molecule has 0 bridgehead atoms. The van der Waals surface area contributed by atoms with Crippen LogP contribution < -0.4 is 0 Å². The molecule has 36 heavy (non-hydrogen) atoms. The first-order valence-electron chi connectivity index (χ1n) is 12.0. The van der Waals surface area contributed by atoms with Crippen molar-refractivity contribution >= 4 is 33.0 Å². The number of aromatic amines is 1. The Morgan fingerprint density at radius 3 is 2.67 bits per heavy atom. The predicted octanol–water partition coefficient (Wildman–Crippen LogP) is 5.28. The molecular weight excluding hydrogens is 472 g/mol. The number of hydrogen-bond acceptors (Lipinski definition) is 4. The Labute approximate surface area is 211 Å². The lowest BCUT2D eigenvalue weighted by atomic mass is 10.0. The number of benzene rings is 3. The van der Waals surface area contributed by atoms with Crippen molar-refractivity contribution in [3.8, 4) is 0 Å². The first-order chi connectivity index (χ1) is 17.5. The van der Waals surface area contributed by atoms with E-state index in [1.165, 1.54) is 13.2 Å². The highest BCUT2D eigenvalue weighted by atomic mass is 32.2. The van der Waals surface area contributed by atoms with Gasteiger partial charge in [0.2, 0.25) is 10.0 Å². The number of aromatic nitrogens is 1. The summed E-state index contributed by atoms with van der Waals surface area (Å²) in [4.78, 5) is 15.1. The Morgan fingerprint density at radius 1 is 1.08 bits per heavy atom. The first kappa shape index (κ1) is 24.0. The molecule has 5 rings (SSSR count). The summed E-state index contributed by atoms with van der Waals surface area (Å²) >= 11 is 0. The van der Waals surface area contributed by atoms with Gasteiger partial charge in [-0.3, -0.25) is 0 Å². The largest absolute Gasteiger partial charge is 0.466 e. The van der Waals surface area contributed by atoms with Crippen LogP contribution in [0.2, 0.25) is 0 Å². The van der Waals surface area contributed by atoms with Crippen LogP contribution in [0.4, 0.5) is 0 Å². The summed E-state index contributed by atoms with van der Waals surface area (Å²) in [5.41, 5.74) is 5.15. The molecule has 0 amide bonds. The van der Waals surface area contributed by atoms with Gasteiger partial charge in [-0.15, -0.1) is 0 Å². The zero-order valence-electron chi connectivity index (χ0n) is 20.1. The quantitative estimate of drug-likeness (QED) is 0.264. The van der Waals surface area contributed by atoms with Crippen molar-refractivity contribution in [1.29, 1.82) is 0 Å². The number of nitrogens with one attached hydrogen (secondary N) is 1. The third kappa shape index (κ3) is 4.72. The zero-order chi connectivity index (χ0) is 25.1. The smallest absolute Gasteiger partial charge is 0.330 e. The van der Waals surface area contributed by atoms with Crippen molar-refractivity contribution in [3.05, 3.63) is 107 Å². The van der Waals surface area contributed by atoms with Gasteiger partial charge >= 0.3 is 5.97 Å². The molecule has 7 heteroatoms. The van der Waals surface area contributed by atoms with E-state index >= 15 is 0 Å². The predicted molar refractivity (Wildman–Crippen MR) is 141 cm³/mol. The van der Waals surface area contributed by atoms with E-state index in [1.54, 1.807) is 34.6 Å². The second-order valence-electron chi connectivity index (χ2n) is 8.91. The van der Waals surface area contributed by atoms with E-state index in [9.17, 15) is 13.2 Å². The fourth-order valence-corrected chi connectivity index (χ4v) is 6.65. The summed E-state index contributed by atoms with van der Waals surface area (Å²) in [6.45, 7) is 0.368. The van der Waals surface area contributed by atoms with Crippen LogP contribution in [-0.2, 0) is 32.4 Å². The lowest BCUT2D eigenvalue weighted by molar-refractivity contribution is -0.134. The number of carbonyl (C=O) groups excluding carboxylic acids is 1. The van der Waals surface area contributed by atoms with Crippen LogP contribution in [0.3, 0.4) is 0 Å². The number of methoxy groups -OCH3 is 1. The van der Waals surface area contributed by atoms with Crippen molar-refractivity contribution < 1.29 is 17.9 Å². The Kier molecular flexibility index (Phi) is 6.76. The highest BCUT2D eigenvalue weighted by Gasteiger charge is 2.36. The van der Waals surface area contributed by atoms with Crippen molar-refractivity contribution in [3.63, 3.8) is 0 Å². The summed E-state index contributed by atoms with van der Waals surface area (Å²) < 4.78 is 34.1. The molecule has 1 atom stereocenters. The molecule has 1 N–H and O–H groups in total. The molecule has 3 aromatic carbocycles. The van der Waals surface area contributed by atoms with Crippen LogP contribution in [0, 0.1) is 0 Å². The number of carbonyl (C=O) groups is 1. The number of rotatable bonds is 8. The van der Waals surface area contributed by atoms with Gasteiger partial charge in [-0.25, -0.2) is 13.2 Å². The van der Waals surface area contributed by atoms with E-state index in [4.69, 9.17) is 0 Å². The normalized spacial score (nSPS) is 15.6. The third-order valence-corrected chi connectivity index (χ3v) is 8.72. The lowest BCUT2D eigenvalue weighted by Crippen LogP contribution is -2.35. The number of ether oxygens (including phenoxy) is 1. The van der Waals surface area contributed by atoms with E-state index in [0.29, 0.717) is 24.3 Å². The van der Waals surface area contributed by atoms with Gasteiger partial charge in [-0.05, 0) is 65.8 Å². The Balaban J connectivity index is 1.48. The van der Waals surface area contributed by atoms with Crippen molar-refractivity contribution in [2.24, 2.45) is 0 Å². The summed E-state index contributed by atoms with van der Waals surface area (Å²) in [5.74, 6) is -0.411. The van der Waals surface area contributed by atoms with Gasteiger partial charge in [0, 0.05) is 29.7 Å². The second kappa shape index (κ2) is 10.1. The molecule has 0 fully saturated rings. The minimum Gasteiger partial charge on any atom is -0.466 e. The van der Waals surface area contributed by atoms with E-state index < -0.39 is 16.0 Å². The average Bonchev–Trinajstić information content (AvgIpc) is 3.52. The highest BCUT2D eigenvalue weighted by Crippen LogP contribution is 2.39. The van der Waals surface area contributed by atoms with E-state index in [0.717, 1.165) is 39.6 Å². The topological polar surface area (TPSA) is 79.5 Å². The van der Waals surface area contributed by atoms with Gasteiger partial charge in [0.1, 0.15) is 0 Å². The number of para-hydroxylation sites is 1. The Morgan fingerprint density at radius 2 is 1.86 bits per heavy atom. The van der Waals surface area contributed by atoms with Crippen LogP contribution in [0.5, 0.6) is 0 Å². The maximum absolute atomic E-state index is 13.9. The fourth-order valence-electron chi connectivity index (χ4n) is 4.99. The fraction of sp³-hybridized carbons (Fsp3) is 0.207. The van der Waals surface area contributed by atoms with Crippen molar-refractivity contribution in [2.45, 2.75) is 30.2 Å². The molecule has 1 aliphatic carbocycles. The molecule has 0 aliphatic heterocycles. The zero-order valence-corrected chi connectivity index (χ0v) is 20.9. The molecule has 0 radical (unpaired) electrons. The van der Waals surface area contributed by atoms with Crippen molar-refractivity contribution in [1.82, 2.24) is 9.29 Å². The molecule has 4 aromatic rings. The second-order valence-corrected chi connectivity index (χ2v) is 10.8. The molecule has 184 valence electrons. The maximum atomic E-state index is 13.9. The van der Waals surface area contributed by atoms with Crippen LogP contribution >= 0.6 is 0 Å². The summed E-state index contributed by atoms with van der Waals surface area (Å²) in [6, 6.07) is 22.4. The summed E-state index contributed by atoms with van der Waals surface area (Å²) in [6.07, 6.45) is 7.16. The monoisotopic (exact) mass is 500 g/mol. The number of H-pyrrole nitrogens is 1. The third-order valence-electron chi connectivity index (χ3n) is 6.80. The first-order valence-corrected chi connectivity index (χ1v) is 13.4. The molecule has 1 heterocycles. The van der Waals surface area contributed by atoms with Gasteiger partial charge in [-0.1, -0.05) is 54.6 Å². The number of nitrogens with zero attached hydrogens (tertiary/aromatic N) is 1. The minimum absolute atomic E-state index is 0.256. The Hall–Kier alpha value is -3.68. The van der Waals surface area contributed by atoms with Gasteiger partial charge in [0.15, 0.2) is 0 Å². The number of sulfonamides is 1. The van der Waals surface area contributed by atoms with Crippen molar-refractivity contribution in [2.75, 3.05) is 13.7 Å². The number of esters is 1. The molecule has 0 saturated carbocycles. The average molecular weight is 501 g/mol. The molecular formula is C29H28N2O4S. The molecule has 1 unspecified atom stereocenters. The van der Waals surface area contributed by atoms with Gasteiger partial charge in [-0.2, -0.15) is 4.31 Å². The SMILES string of the molecule is COC(=O)C=Cc1ccc2c(c1)CCC2N(CCc1c[nH]c2ccccc12)S(=O)(=O)c1ccccc1. The van der Waals surface area contributed by atoms with E-state index in [1.807, 2.05) is 48.7 Å². The summed E-state index contributed by atoms with van der Waals surface area (Å²) in [7, 11) is -2.38. The van der Waals surface area contributed by atoms with E-state index in [2.05, 4.69) is 15.8 Å². The van der Waals surface area contributed by atoms with Crippen LogP contribution in [0.1, 0.15) is 34.7 Å². The van der Waals surface area contributed by atoms with Crippen LogP contribution in [0.15, 0.2) is 90.0 Å². The molecule has 1 aliphatic rings. The number of aryl methyl sites for hydroxylation is 1.